The first-order valence-corrected chi connectivity index (χ1v) is 7.65. The van der Waals surface area contributed by atoms with Crippen LogP contribution in [-0.4, -0.2) is 28.0 Å². The van der Waals surface area contributed by atoms with Crippen LogP contribution in [0, 0.1) is 5.92 Å². The Morgan fingerprint density at radius 2 is 2.05 bits per heavy atom. The number of aryl methyl sites for hydroxylation is 1. The highest BCUT2D eigenvalue weighted by atomic mass is 32.1. The van der Waals surface area contributed by atoms with E-state index in [0.29, 0.717) is 12.8 Å². The molecular weight excluding hydrogens is 288 g/mol. The average molecular weight is 306 g/mol. The second kappa shape index (κ2) is 6.67. The zero-order valence-electron chi connectivity index (χ0n) is 12.0. The lowest BCUT2D eigenvalue weighted by atomic mass is 10.0. The van der Waals surface area contributed by atoms with Gasteiger partial charge in [0.15, 0.2) is 0 Å². The van der Waals surface area contributed by atoms with Gasteiger partial charge in [-0.15, -0.1) is 11.3 Å². The highest BCUT2D eigenvalue weighted by molar-refractivity contribution is 7.18. The molecule has 0 saturated heterocycles. The van der Waals surface area contributed by atoms with E-state index in [0.717, 1.165) is 15.2 Å². The summed E-state index contributed by atoms with van der Waals surface area (Å²) >= 11 is 1.58. The Hall–Kier alpha value is -1.95. The molecular formula is C15H18N2O3S. The van der Waals surface area contributed by atoms with Crippen LogP contribution in [0.15, 0.2) is 24.3 Å². The van der Waals surface area contributed by atoms with Gasteiger partial charge in [-0.3, -0.25) is 9.59 Å². The van der Waals surface area contributed by atoms with Crippen molar-refractivity contribution in [3.63, 3.8) is 0 Å². The Morgan fingerprint density at radius 1 is 1.33 bits per heavy atom. The predicted molar refractivity (Wildman–Crippen MR) is 82.3 cm³/mol. The topological polar surface area (TPSA) is 79.3 Å². The fraction of sp³-hybridized carbons (Fsp3) is 0.400. The Morgan fingerprint density at radius 3 is 2.71 bits per heavy atom. The van der Waals surface area contributed by atoms with E-state index in [4.69, 9.17) is 5.11 Å². The van der Waals surface area contributed by atoms with E-state index in [9.17, 15) is 9.59 Å². The van der Waals surface area contributed by atoms with Crippen LogP contribution < -0.4 is 5.32 Å². The molecule has 0 saturated carbocycles. The summed E-state index contributed by atoms with van der Waals surface area (Å²) in [7, 11) is 0. The number of hydrogen-bond donors (Lipinski definition) is 2. The van der Waals surface area contributed by atoms with E-state index < -0.39 is 11.9 Å². The number of thiazole rings is 1. The van der Waals surface area contributed by atoms with E-state index >= 15 is 0 Å². The third-order valence-corrected chi connectivity index (χ3v) is 4.53. The number of hydrogen-bond acceptors (Lipinski definition) is 4. The normalized spacial score (nSPS) is 13.8. The number of benzene rings is 1. The van der Waals surface area contributed by atoms with Crippen LogP contribution in [0.2, 0.25) is 0 Å². The first-order chi connectivity index (χ1) is 9.97. The molecule has 0 radical (unpaired) electrons. The lowest BCUT2D eigenvalue weighted by Crippen LogP contribution is -2.40. The number of rotatable bonds is 6. The fourth-order valence-electron chi connectivity index (χ4n) is 1.91. The molecule has 21 heavy (non-hydrogen) atoms. The number of carbonyl (C=O) groups excluding carboxylic acids is 1. The number of fused-ring (bicyclic) bond motifs is 1. The molecule has 5 nitrogen and oxygen atoms in total. The van der Waals surface area contributed by atoms with E-state index in [1.807, 2.05) is 24.3 Å². The maximum Gasteiger partial charge on any atom is 0.308 e. The molecule has 2 N–H and O–H groups in total. The van der Waals surface area contributed by atoms with Crippen molar-refractivity contribution in [2.45, 2.75) is 32.7 Å². The third-order valence-electron chi connectivity index (χ3n) is 3.43. The molecule has 0 aliphatic rings. The largest absolute Gasteiger partial charge is 0.481 e. The quantitative estimate of drug-likeness (QED) is 0.859. The van der Waals surface area contributed by atoms with Crippen molar-refractivity contribution >= 4 is 33.4 Å². The van der Waals surface area contributed by atoms with E-state index in [1.54, 1.807) is 25.2 Å². The van der Waals surface area contributed by atoms with Crippen LogP contribution in [0.1, 0.15) is 25.3 Å². The standard InChI is InChI=1S/C15H18N2O3S/c1-9(15(19)20)10(2)16-13(18)7-8-14-17-11-5-3-4-6-12(11)21-14/h3-6,9-10H,7-8H2,1-2H3,(H,16,18)(H,19,20). The Labute approximate surface area is 127 Å². The van der Waals surface area contributed by atoms with Gasteiger partial charge in [0.2, 0.25) is 5.91 Å². The van der Waals surface area contributed by atoms with Crippen molar-refractivity contribution in [1.82, 2.24) is 10.3 Å². The zero-order valence-corrected chi connectivity index (χ0v) is 12.8. The summed E-state index contributed by atoms with van der Waals surface area (Å²) in [6.45, 7) is 3.29. The summed E-state index contributed by atoms with van der Waals surface area (Å²) in [5, 5.41) is 12.5. The molecule has 1 amide bonds. The maximum atomic E-state index is 11.8. The van der Waals surface area contributed by atoms with Gasteiger partial charge in [-0.1, -0.05) is 12.1 Å². The van der Waals surface area contributed by atoms with Gasteiger partial charge in [0.25, 0.3) is 0 Å². The predicted octanol–water partition coefficient (Wildman–Crippen LogP) is 2.45. The highest BCUT2D eigenvalue weighted by Gasteiger charge is 2.20. The Kier molecular flexibility index (Phi) is 4.90. The zero-order chi connectivity index (χ0) is 15.4. The smallest absolute Gasteiger partial charge is 0.308 e. The van der Waals surface area contributed by atoms with Gasteiger partial charge in [0, 0.05) is 18.9 Å². The minimum absolute atomic E-state index is 0.144. The van der Waals surface area contributed by atoms with Crippen molar-refractivity contribution in [3.8, 4) is 0 Å². The SMILES string of the molecule is CC(NC(=O)CCc1nc2ccccc2s1)C(C)C(=O)O. The average Bonchev–Trinajstić information content (AvgIpc) is 2.86. The van der Waals surface area contributed by atoms with Gasteiger partial charge in [-0.05, 0) is 26.0 Å². The van der Waals surface area contributed by atoms with E-state index in [1.165, 1.54) is 0 Å². The van der Waals surface area contributed by atoms with E-state index in [-0.39, 0.29) is 11.9 Å². The highest BCUT2D eigenvalue weighted by Crippen LogP contribution is 2.22. The summed E-state index contributed by atoms with van der Waals surface area (Å²) in [6, 6.07) is 7.48. The number of aliphatic carboxylic acids is 1. The summed E-state index contributed by atoms with van der Waals surface area (Å²) in [5.74, 6) is -1.65. The lowest BCUT2D eigenvalue weighted by molar-refractivity contribution is -0.142. The molecule has 112 valence electrons. The fourth-order valence-corrected chi connectivity index (χ4v) is 2.88. The molecule has 0 bridgehead atoms. The monoisotopic (exact) mass is 306 g/mol. The number of carbonyl (C=O) groups is 2. The molecule has 1 aromatic heterocycles. The summed E-state index contributed by atoms with van der Waals surface area (Å²) in [6.07, 6.45) is 0.885. The maximum absolute atomic E-state index is 11.8. The minimum atomic E-state index is -0.908. The van der Waals surface area contributed by atoms with Crippen LogP contribution >= 0.6 is 11.3 Å². The minimum Gasteiger partial charge on any atom is -0.481 e. The second-order valence-corrected chi connectivity index (χ2v) is 6.17. The number of aromatic nitrogens is 1. The lowest BCUT2D eigenvalue weighted by Gasteiger charge is -2.17. The van der Waals surface area contributed by atoms with Gasteiger partial charge in [-0.2, -0.15) is 0 Å². The number of para-hydroxylation sites is 1. The number of nitrogens with one attached hydrogen (secondary N) is 1. The number of carboxylic acid groups (broad SMARTS) is 1. The molecule has 6 heteroatoms. The van der Waals surface area contributed by atoms with Gasteiger partial charge in [0.1, 0.15) is 0 Å². The Balaban J connectivity index is 1.87. The third kappa shape index (κ3) is 4.01. The van der Waals surface area contributed by atoms with Crippen LogP contribution in [0.3, 0.4) is 0 Å². The first kappa shape index (κ1) is 15.4. The molecule has 0 fully saturated rings. The van der Waals surface area contributed by atoms with Crippen LogP contribution in [0.25, 0.3) is 10.2 Å². The molecule has 2 unspecified atom stereocenters. The summed E-state index contributed by atoms with van der Waals surface area (Å²) < 4.78 is 1.11. The van der Waals surface area contributed by atoms with Crippen molar-refractivity contribution in [1.29, 1.82) is 0 Å². The molecule has 1 aromatic carbocycles. The van der Waals surface area contributed by atoms with Crippen molar-refractivity contribution in [3.05, 3.63) is 29.3 Å². The molecule has 0 spiro atoms. The van der Waals surface area contributed by atoms with Crippen molar-refractivity contribution in [2.75, 3.05) is 0 Å². The molecule has 2 aromatic rings. The van der Waals surface area contributed by atoms with Crippen LogP contribution in [0.5, 0.6) is 0 Å². The second-order valence-electron chi connectivity index (χ2n) is 5.06. The van der Waals surface area contributed by atoms with Crippen molar-refractivity contribution < 1.29 is 14.7 Å². The van der Waals surface area contributed by atoms with Gasteiger partial charge in [-0.25, -0.2) is 4.98 Å². The number of amides is 1. The summed E-state index contributed by atoms with van der Waals surface area (Å²) in [5.41, 5.74) is 0.950. The first-order valence-electron chi connectivity index (χ1n) is 6.84. The summed E-state index contributed by atoms with van der Waals surface area (Å²) in [4.78, 5) is 27.2. The molecule has 2 atom stereocenters. The van der Waals surface area contributed by atoms with Crippen LogP contribution in [-0.2, 0) is 16.0 Å². The van der Waals surface area contributed by atoms with Gasteiger partial charge < -0.3 is 10.4 Å². The van der Waals surface area contributed by atoms with E-state index in [2.05, 4.69) is 10.3 Å². The molecule has 1 heterocycles. The number of nitrogens with zero attached hydrogens (tertiary/aromatic N) is 1. The molecule has 0 aliphatic heterocycles. The molecule has 0 aliphatic carbocycles. The van der Waals surface area contributed by atoms with Gasteiger partial charge >= 0.3 is 5.97 Å². The number of carboxylic acids is 1. The molecule has 2 rings (SSSR count). The van der Waals surface area contributed by atoms with Gasteiger partial charge in [0.05, 0.1) is 21.1 Å². The van der Waals surface area contributed by atoms with Crippen LogP contribution in [0.4, 0.5) is 0 Å². The Bertz CT molecular complexity index is 620. The van der Waals surface area contributed by atoms with Crippen molar-refractivity contribution in [2.24, 2.45) is 5.92 Å².